The van der Waals surface area contributed by atoms with Crippen molar-refractivity contribution in [1.82, 2.24) is 0 Å². The van der Waals surface area contributed by atoms with E-state index in [0.29, 0.717) is 0 Å². The van der Waals surface area contributed by atoms with Crippen molar-refractivity contribution in [3.8, 4) is 0 Å². The van der Waals surface area contributed by atoms with E-state index in [2.05, 4.69) is 26.0 Å². The molecule has 1 heteroatoms. The largest absolute Gasteiger partial charge is 0.147 e. The molecule has 0 amide bonds. The molecule has 0 N–H and O–H groups in total. The second-order valence-corrected chi connectivity index (χ2v) is 1.98. The molecular weight excluding hydrogens is 132 g/mol. The van der Waals surface area contributed by atoms with E-state index in [9.17, 15) is 0 Å². The van der Waals surface area contributed by atoms with Gasteiger partial charge < -0.3 is 0 Å². The van der Waals surface area contributed by atoms with E-state index in [1.807, 2.05) is 12.1 Å². The Morgan fingerprint density at radius 1 is 1.33 bits per heavy atom. The number of halogens is 1. The van der Waals surface area contributed by atoms with Crippen LogP contribution in [0.15, 0.2) is 18.2 Å². The smallest absolute Gasteiger partial charge is 0.0149 e. The van der Waals surface area contributed by atoms with Crippen LogP contribution in [0.3, 0.4) is 0 Å². The van der Waals surface area contributed by atoms with Gasteiger partial charge in [-0.05, 0) is 31.0 Å². The summed E-state index contributed by atoms with van der Waals surface area (Å²) in [5.74, 6) is 0. The highest BCUT2D eigenvalue weighted by molar-refractivity contribution is 5.85. The SMILES string of the molecule is Cc1[c]cccc1C.Cl. The summed E-state index contributed by atoms with van der Waals surface area (Å²) in [6, 6.07) is 9.12. The highest BCUT2D eigenvalue weighted by atomic mass is 35.5. The quantitative estimate of drug-likeness (QED) is 0.521. The molecule has 0 unspecified atom stereocenters. The number of aryl methyl sites for hydroxylation is 2. The molecule has 1 radical (unpaired) electrons. The van der Waals surface area contributed by atoms with Gasteiger partial charge in [-0.25, -0.2) is 0 Å². The molecule has 0 fully saturated rings. The summed E-state index contributed by atoms with van der Waals surface area (Å²) in [7, 11) is 0. The Morgan fingerprint density at radius 3 is 2.33 bits per heavy atom. The topological polar surface area (TPSA) is 0 Å². The Labute approximate surface area is 62.3 Å². The van der Waals surface area contributed by atoms with Crippen molar-refractivity contribution in [2.45, 2.75) is 13.8 Å². The van der Waals surface area contributed by atoms with Gasteiger partial charge in [0.2, 0.25) is 0 Å². The van der Waals surface area contributed by atoms with Gasteiger partial charge >= 0.3 is 0 Å². The number of hydrogen-bond donors (Lipinski definition) is 0. The van der Waals surface area contributed by atoms with Gasteiger partial charge in [-0.15, -0.1) is 12.4 Å². The van der Waals surface area contributed by atoms with Crippen molar-refractivity contribution >= 4 is 12.4 Å². The highest BCUT2D eigenvalue weighted by Gasteiger charge is 1.84. The van der Waals surface area contributed by atoms with Crippen LogP contribution in [0.1, 0.15) is 11.1 Å². The average molecular weight is 142 g/mol. The maximum Gasteiger partial charge on any atom is -0.0149 e. The van der Waals surface area contributed by atoms with Crippen molar-refractivity contribution in [3.05, 3.63) is 35.4 Å². The van der Waals surface area contributed by atoms with Crippen LogP contribution in [0, 0.1) is 19.9 Å². The van der Waals surface area contributed by atoms with E-state index >= 15 is 0 Å². The van der Waals surface area contributed by atoms with E-state index in [0.717, 1.165) is 0 Å². The van der Waals surface area contributed by atoms with Gasteiger partial charge in [0.25, 0.3) is 0 Å². The first-order chi connectivity index (χ1) is 3.80. The molecule has 0 aliphatic carbocycles. The van der Waals surface area contributed by atoms with Crippen molar-refractivity contribution in [1.29, 1.82) is 0 Å². The molecule has 1 aromatic rings. The first kappa shape index (κ1) is 8.51. The lowest BCUT2D eigenvalue weighted by molar-refractivity contribution is 1.33. The van der Waals surface area contributed by atoms with E-state index in [1.165, 1.54) is 11.1 Å². The van der Waals surface area contributed by atoms with Crippen molar-refractivity contribution in [2.75, 3.05) is 0 Å². The van der Waals surface area contributed by atoms with Gasteiger partial charge in [0, 0.05) is 0 Å². The van der Waals surface area contributed by atoms with Crippen molar-refractivity contribution < 1.29 is 0 Å². The third kappa shape index (κ3) is 2.06. The molecule has 0 aliphatic heterocycles. The second kappa shape index (κ2) is 3.52. The molecule has 0 atom stereocenters. The summed E-state index contributed by atoms with van der Waals surface area (Å²) in [6.07, 6.45) is 0. The first-order valence-corrected chi connectivity index (χ1v) is 2.74. The number of rotatable bonds is 0. The fourth-order valence-electron chi connectivity index (χ4n) is 0.604. The predicted molar refractivity (Wildman–Crippen MR) is 42.0 cm³/mol. The van der Waals surface area contributed by atoms with E-state index < -0.39 is 0 Å². The average Bonchev–Trinajstić information content (AvgIpc) is 1.77. The van der Waals surface area contributed by atoms with E-state index in [1.54, 1.807) is 0 Å². The van der Waals surface area contributed by atoms with Crippen LogP contribution in [0.5, 0.6) is 0 Å². The minimum atomic E-state index is 0. The molecule has 0 saturated heterocycles. The Morgan fingerprint density at radius 2 is 2.00 bits per heavy atom. The fourth-order valence-corrected chi connectivity index (χ4v) is 0.604. The molecule has 1 rings (SSSR count). The van der Waals surface area contributed by atoms with Crippen molar-refractivity contribution in [2.24, 2.45) is 0 Å². The maximum atomic E-state index is 3.10. The molecule has 49 valence electrons. The van der Waals surface area contributed by atoms with Crippen LogP contribution in [0.25, 0.3) is 0 Å². The number of hydrogen-bond acceptors (Lipinski definition) is 0. The lowest BCUT2D eigenvalue weighted by atomic mass is 10.1. The molecular formula is C8H10Cl. The number of benzene rings is 1. The van der Waals surface area contributed by atoms with Crippen LogP contribution in [0.2, 0.25) is 0 Å². The Hall–Kier alpha value is -0.490. The molecule has 0 heterocycles. The van der Waals surface area contributed by atoms with Gasteiger partial charge in [-0.1, -0.05) is 18.2 Å². The maximum absolute atomic E-state index is 3.10. The molecule has 0 aliphatic rings. The zero-order chi connectivity index (χ0) is 5.98. The molecule has 0 aromatic heterocycles. The predicted octanol–water partition coefficient (Wildman–Crippen LogP) is 2.53. The summed E-state index contributed by atoms with van der Waals surface area (Å²) in [6.45, 7) is 4.15. The second-order valence-electron chi connectivity index (χ2n) is 1.98. The fraction of sp³-hybridized carbons (Fsp3) is 0.250. The summed E-state index contributed by atoms with van der Waals surface area (Å²) < 4.78 is 0. The van der Waals surface area contributed by atoms with Gasteiger partial charge in [-0.3, -0.25) is 0 Å². The normalized spacial score (nSPS) is 8.22. The minimum absolute atomic E-state index is 0. The van der Waals surface area contributed by atoms with Crippen molar-refractivity contribution in [3.63, 3.8) is 0 Å². The lowest BCUT2D eigenvalue weighted by Gasteiger charge is -1.92. The van der Waals surface area contributed by atoms with Crippen LogP contribution >= 0.6 is 12.4 Å². The Kier molecular flexibility index (Phi) is 3.33. The van der Waals surface area contributed by atoms with Gasteiger partial charge in [0.05, 0.1) is 0 Å². The van der Waals surface area contributed by atoms with Gasteiger partial charge in [0.1, 0.15) is 0 Å². The van der Waals surface area contributed by atoms with Crippen LogP contribution in [-0.2, 0) is 0 Å². The summed E-state index contributed by atoms with van der Waals surface area (Å²) in [5, 5.41) is 0. The van der Waals surface area contributed by atoms with Gasteiger partial charge in [-0.2, -0.15) is 0 Å². The van der Waals surface area contributed by atoms with Crippen LogP contribution < -0.4 is 0 Å². The Balaban J connectivity index is 0.000000640. The van der Waals surface area contributed by atoms with E-state index in [4.69, 9.17) is 0 Å². The third-order valence-corrected chi connectivity index (χ3v) is 1.33. The standard InChI is InChI=1S/C8H9.ClH/c1-7-5-3-4-6-8(7)2;/h3-5H,1-2H3;1H. The van der Waals surface area contributed by atoms with Crippen LogP contribution in [-0.4, -0.2) is 0 Å². The monoisotopic (exact) mass is 141 g/mol. The third-order valence-electron chi connectivity index (χ3n) is 1.33. The first-order valence-electron chi connectivity index (χ1n) is 2.74. The molecule has 0 spiro atoms. The lowest BCUT2D eigenvalue weighted by Crippen LogP contribution is -1.75. The molecule has 9 heavy (non-hydrogen) atoms. The van der Waals surface area contributed by atoms with E-state index in [-0.39, 0.29) is 12.4 Å². The zero-order valence-corrected chi connectivity index (χ0v) is 6.46. The minimum Gasteiger partial charge on any atom is -0.147 e. The summed E-state index contributed by atoms with van der Waals surface area (Å²) in [4.78, 5) is 0. The molecule has 0 bridgehead atoms. The Bertz CT molecular complexity index is 161. The van der Waals surface area contributed by atoms with Crippen LogP contribution in [0.4, 0.5) is 0 Å². The molecule has 0 saturated carbocycles. The summed E-state index contributed by atoms with van der Waals surface area (Å²) in [5.41, 5.74) is 2.56. The molecule has 1 aromatic carbocycles. The van der Waals surface area contributed by atoms with Gasteiger partial charge in [0.15, 0.2) is 0 Å². The highest BCUT2D eigenvalue weighted by Crippen LogP contribution is 2.01. The summed E-state index contributed by atoms with van der Waals surface area (Å²) >= 11 is 0. The zero-order valence-electron chi connectivity index (χ0n) is 5.64. The molecule has 0 nitrogen and oxygen atoms in total.